The Labute approximate surface area is 175 Å². The maximum atomic E-state index is 12.8. The summed E-state index contributed by atoms with van der Waals surface area (Å²) in [4.78, 5) is 21.6. The van der Waals surface area contributed by atoms with Crippen LogP contribution in [0.1, 0.15) is 10.5 Å². The zero-order valence-corrected chi connectivity index (χ0v) is 16.4. The van der Waals surface area contributed by atoms with Crippen LogP contribution in [-0.2, 0) is 0 Å². The van der Waals surface area contributed by atoms with E-state index in [1.165, 1.54) is 11.3 Å². The molecular formula is C21H15N7OS. The minimum Gasteiger partial charge on any atom is -0.317 e. The van der Waals surface area contributed by atoms with Crippen LogP contribution in [0, 0.1) is 0 Å². The fourth-order valence-corrected chi connectivity index (χ4v) is 3.70. The third-order valence-corrected chi connectivity index (χ3v) is 5.23. The van der Waals surface area contributed by atoms with E-state index in [2.05, 4.69) is 25.5 Å². The van der Waals surface area contributed by atoms with E-state index in [0.717, 1.165) is 16.3 Å². The van der Waals surface area contributed by atoms with Gasteiger partial charge in [-0.1, -0.05) is 18.2 Å². The van der Waals surface area contributed by atoms with Crippen molar-refractivity contribution in [2.45, 2.75) is 0 Å². The van der Waals surface area contributed by atoms with Crippen LogP contribution in [0.25, 0.3) is 22.1 Å². The maximum absolute atomic E-state index is 12.8. The average molecular weight is 413 g/mol. The van der Waals surface area contributed by atoms with Gasteiger partial charge in [-0.15, -0.1) is 11.3 Å². The number of nitrogens with zero attached hydrogens (tertiary/aromatic N) is 6. The summed E-state index contributed by atoms with van der Waals surface area (Å²) in [6.45, 7) is 0. The van der Waals surface area contributed by atoms with Crippen molar-refractivity contribution in [1.29, 1.82) is 0 Å². The Hall–Kier alpha value is -4.11. The second kappa shape index (κ2) is 7.72. The molecule has 0 radical (unpaired) electrons. The normalized spacial score (nSPS) is 10.8. The molecule has 146 valence electrons. The first-order valence-corrected chi connectivity index (χ1v) is 9.98. The molecule has 0 unspecified atom stereocenters. The predicted octanol–water partition coefficient (Wildman–Crippen LogP) is 3.83. The number of anilines is 1. The van der Waals surface area contributed by atoms with E-state index >= 15 is 0 Å². The molecule has 0 aliphatic rings. The number of para-hydroxylation sites is 1. The summed E-state index contributed by atoms with van der Waals surface area (Å²) in [5.74, 6) is 0.227. The molecule has 8 nitrogen and oxygen atoms in total. The van der Waals surface area contributed by atoms with Crippen LogP contribution in [0.2, 0.25) is 0 Å². The van der Waals surface area contributed by atoms with Crippen molar-refractivity contribution >= 4 is 22.9 Å². The largest absolute Gasteiger partial charge is 0.317 e. The lowest BCUT2D eigenvalue weighted by atomic mass is 10.3. The van der Waals surface area contributed by atoms with Crippen molar-refractivity contribution in [3.8, 4) is 22.1 Å². The summed E-state index contributed by atoms with van der Waals surface area (Å²) in [6.07, 6.45) is 8.71. The Balaban J connectivity index is 1.37. The van der Waals surface area contributed by atoms with Gasteiger partial charge in [0.25, 0.3) is 5.91 Å². The smallest absolute Gasteiger partial charge is 0.275 e. The van der Waals surface area contributed by atoms with Crippen LogP contribution in [-0.4, -0.2) is 35.4 Å². The minimum atomic E-state index is -0.311. The summed E-state index contributed by atoms with van der Waals surface area (Å²) in [6, 6.07) is 15.1. The number of thiazole rings is 1. The number of nitrogens with one attached hydrogen (secondary N) is 1. The molecule has 0 aliphatic heterocycles. The Morgan fingerprint density at radius 3 is 2.70 bits per heavy atom. The highest BCUT2D eigenvalue weighted by molar-refractivity contribution is 7.13. The lowest BCUT2D eigenvalue weighted by molar-refractivity contribution is 0.102. The highest BCUT2D eigenvalue weighted by Gasteiger charge is 2.16. The molecule has 0 saturated heterocycles. The molecule has 0 fully saturated rings. The zero-order valence-electron chi connectivity index (χ0n) is 15.6. The third kappa shape index (κ3) is 3.49. The van der Waals surface area contributed by atoms with Crippen LogP contribution in [0.4, 0.5) is 5.69 Å². The van der Waals surface area contributed by atoms with Crippen LogP contribution in [0.3, 0.4) is 0 Å². The van der Waals surface area contributed by atoms with Crippen molar-refractivity contribution in [1.82, 2.24) is 29.5 Å². The van der Waals surface area contributed by atoms with Gasteiger partial charge in [-0.2, -0.15) is 10.2 Å². The molecule has 5 rings (SSSR count). The number of amides is 1. The summed E-state index contributed by atoms with van der Waals surface area (Å²) < 4.78 is 3.38. The first-order chi connectivity index (χ1) is 14.8. The summed E-state index contributed by atoms with van der Waals surface area (Å²) in [5.41, 5.74) is 2.69. The Morgan fingerprint density at radius 1 is 0.967 bits per heavy atom. The molecule has 30 heavy (non-hydrogen) atoms. The van der Waals surface area contributed by atoms with Gasteiger partial charge >= 0.3 is 0 Å². The molecule has 0 aliphatic carbocycles. The number of carbonyl (C=O) groups excluding carboxylic acids is 1. The van der Waals surface area contributed by atoms with E-state index in [4.69, 9.17) is 0 Å². The van der Waals surface area contributed by atoms with E-state index < -0.39 is 0 Å². The molecule has 1 amide bonds. The molecule has 0 saturated carbocycles. The highest BCUT2D eigenvalue weighted by Crippen LogP contribution is 2.25. The van der Waals surface area contributed by atoms with Crippen molar-refractivity contribution in [2.75, 3.05) is 5.32 Å². The topological polar surface area (TPSA) is 90.5 Å². The lowest BCUT2D eigenvalue weighted by Gasteiger charge is -2.08. The van der Waals surface area contributed by atoms with Gasteiger partial charge in [0.1, 0.15) is 10.7 Å². The monoisotopic (exact) mass is 413 g/mol. The van der Waals surface area contributed by atoms with E-state index in [0.29, 0.717) is 17.2 Å². The third-order valence-electron chi connectivity index (χ3n) is 4.34. The summed E-state index contributed by atoms with van der Waals surface area (Å²) in [5, 5.41) is 13.9. The number of hydrogen-bond donors (Lipinski definition) is 1. The van der Waals surface area contributed by atoms with Crippen LogP contribution >= 0.6 is 11.3 Å². The highest BCUT2D eigenvalue weighted by atomic mass is 32.1. The van der Waals surface area contributed by atoms with E-state index in [1.54, 1.807) is 57.7 Å². The number of pyridine rings is 1. The Bertz CT molecular complexity index is 1290. The number of carbonyl (C=O) groups is 1. The number of rotatable bonds is 5. The van der Waals surface area contributed by atoms with Gasteiger partial charge in [-0.3, -0.25) is 4.79 Å². The molecule has 0 bridgehead atoms. The molecule has 0 atom stereocenters. The molecule has 5 aromatic rings. The van der Waals surface area contributed by atoms with E-state index in [-0.39, 0.29) is 5.91 Å². The van der Waals surface area contributed by atoms with Crippen molar-refractivity contribution < 1.29 is 4.79 Å². The van der Waals surface area contributed by atoms with Gasteiger partial charge in [0.05, 0.1) is 17.6 Å². The molecule has 9 heteroatoms. The lowest BCUT2D eigenvalue weighted by Crippen LogP contribution is -2.15. The van der Waals surface area contributed by atoms with E-state index in [1.807, 2.05) is 36.5 Å². The first kappa shape index (κ1) is 18.0. The standard InChI is InChI=1S/C21H15N7OS/c29-20(25-17-8-4-9-22-19(17)27-11-5-10-23-27)18-14-30-21(26-18)15-12-24-28(13-15)16-6-2-1-3-7-16/h1-14H,(H,25,29). The van der Waals surface area contributed by atoms with Gasteiger partial charge in [-0.05, 0) is 30.3 Å². The Morgan fingerprint density at radius 2 is 1.87 bits per heavy atom. The molecule has 4 heterocycles. The second-order valence-corrected chi connectivity index (χ2v) is 7.18. The Kier molecular flexibility index (Phi) is 4.62. The number of hydrogen-bond acceptors (Lipinski definition) is 6. The SMILES string of the molecule is O=C(Nc1cccnc1-n1cccn1)c1csc(-c2cnn(-c3ccccc3)c2)n1. The average Bonchev–Trinajstić information content (AvgIpc) is 3.56. The quantitative estimate of drug-likeness (QED) is 0.473. The number of aromatic nitrogens is 6. The fourth-order valence-electron chi connectivity index (χ4n) is 2.92. The summed E-state index contributed by atoms with van der Waals surface area (Å²) in [7, 11) is 0. The van der Waals surface area contributed by atoms with E-state index in [9.17, 15) is 4.79 Å². The molecule has 1 N–H and O–H groups in total. The first-order valence-electron chi connectivity index (χ1n) is 9.10. The molecule has 4 aromatic heterocycles. The minimum absolute atomic E-state index is 0.311. The van der Waals surface area contributed by atoms with Crippen LogP contribution in [0.15, 0.2) is 84.9 Å². The second-order valence-electron chi connectivity index (χ2n) is 6.33. The van der Waals surface area contributed by atoms with Crippen molar-refractivity contribution in [3.63, 3.8) is 0 Å². The van der Waals surface area contributed by atoms with Crippen molar-refractivity contribution in [2.24, 2.45) is 0 Å². The van der Waals surface area contributed by atoms with Gasteiger partial charge < -0.3 is 5.32 Å². The van der Waals surface area contributed by atoms with Gasteiger partial charge in [0, 0.05) is 35.7 Å². The number of benzene rings is 1. The van der Waals surface area contributed by atoms with Gasteiger partial charge in [-0.25, -0.2) is 19.3 Å². The van der Waals surface area contributed by atoms with Crippen LogP contribution in [0.5, 0.6) is 0 Å². The molecular weight excluding hydrogens is 398 g/mol. The van der Waals surface area contributed by atoms with Gasteiger partial charge in [0.2, 0.25) is 0 Å². The summed E-state index contributed by atoms with van der Waals surface area (Å²) >= 11 is 1.39. The zero-order chi connectivity index (χ0) is 20.3. The van der Waals surface area contributed by atoms with Crippen molar-refractivity contribution in [3.05, 3.63) is 90.6 Å². The predicted molar refractivity (Wildman–Crippen MR) is 114 cm³/mol. The molecule has 0 spiro atoms. The van der Waals surface area contributed by atoms with Gasteiger partial charge in [0.15, 0.2) is 5.82 Å². The molecule has 1 aromatic carbocycles. The fraction of sp³-hybridized carbons (Fsp3) is 0. The van der Waals surface area contributed by atoms with Crippen LogP contribution < -0.4 is 5.32 Å². The maximum Gasteiger partial charge on any atom is 0.275 e.